The van der Waals surface area contributed by atoms with Gasteiger partial charge in [0.05, 0.1) is 18.2 Å². The maximum atomic E-state index is 14.3. The first-order valence-corrected chi connectivity index (χ1v) is 7.69. The average molecular weight is 376 g/mol. The lowest BCUT2D eigenvalue weighted by Gasteiger charge is -2.09. The second-order valence-electron chi connectivity index (χ2n) is 5.52. The van der Waals surface area contributed by atoms with Crippen LogP contribution in [0.2, 0.25) is 0 Å². The highest BCUT2D eigenvalue weighted by atomic mass is 19.3. The van der Waals surface area contributed by atoms with Gasteiger partial charge in [-0.05, 0) is 53.9 Å². The molecule has 0 radical (unpaired) electrons. The van der Waals surface area contributed by atoms with Crippen molar-refractivity contribution in [2.45, 2.75) is 0 Å². The van der Waals surface area contributed by atoms with Crippen LogP contribution in [0.3, 0.4) is 0 Å². The van der Waals surface area contributed by atoms with Crippen LogP contribution in [0.5, 0.6) is 11.5 Å². The average Bonchev–Trinajstić information content (AvgIpc) is 2.64. The van der Waals surface area contributed by atoms with Gasteiger partial charge in [-0.1, -0.05) is 0 Å². The molecule has 0 heterocycles. The van der Waals surface area contributed by atoms with Gasteiger partial charge >= 0.3 is 5.97 Å². The fourth-order valence-electron chi connectivity index (χ4n) is 2.52. The van der Waals surface area contributed by atoms with Crippen LogP contribution in [0.4, 0.5) is 17.6 Å². The Bertz CT molecular complexity index is 1040. The number of carbonyl (C=O) groups is 1. The first-order chi connectivity index (χ1) is 12.9. The Balaban J connectivity index is 1.92. The van der Waals surface area contributed by atoms with Gasteiger partial charge in [0.1, 0.15) is 23.1 Å². The van der Waals surface area contributed by atoms with Crippen LogP contribution in [-0.2, 0) is 0 Å². The topological polar surface area (TPSA) is 35.5 Å². The highest BCUT2D eigenvalue weighted by Gasteiger charge is 2.15. The molecular weight excluding hydrogens is 364 g/mol. The summed E-state index contributed by atoms with van der Waals surface area (Å²) in [6.45, 7) is 0. The van der Waals surface area contributed by atoms with Crippen molar-refractivity contribution in [3.05, 3.63) is 77.4 Å². The number of halogens is 4. The summed E-state index contributed by atoms with van der Waals surface area (Å²) in [7, 11) is 1.49. The second kappa shape index (κ2) is 7.49. The molecule has 0 aliphatic carbocycles. The number of carbonyl (C=O) groups excluding carboxylic acids is 1. The first kappa shape index (κ1) is 18.4. The van der Waals surface area contributed by atoms with Crippen LogP contribution >= 0.6 is 0 Å². The number of benzene rings is 3. The van der Waals surface area contributed by atoms with E-state index >= 15 is 0 Å². The van der Waals surface area contributed by atoms with Crippen molar-refractivity contribution in [1.82, 2.24) is 0 Å². The van der Waals surface area contributed by atoms with Gasteiger partial charge in [-0.25, -0.2) is 13.6 Å². The summed E-state index contributed by atoms with van der Waals surface area (Å²) in [5, 5.41) is -0.00501. The van der Waals surface area contributed by atoms with Gasteiger partial charge in [0, 0.05) is 11.5 Å². The summed E-state index contributed by atoms with van der Waals surface area (Å²) in [4.78, 5) is 12.2. The van der Waals surface area contributed by atoms with Crippen LogP contribution in [0, 0.1) is 11.6 Å². The minimum atomic E-state index is -2.21. The van der Waals surface area contributed by atoms with E-state index < -0.39 is 29.2 Å². The summed E-state index contributed by atoms with van der Waals surface area (Å²) in [5.74, 6) is -2.31. The monoisotopic (exact) mass is 376 g/mol. The molecule has 0 bridgehead atoms. The van der Waals surface area contributed by atoms with Crippen LogP contribution in [0.25, 0.3) is 16.8 Å². The summed E-state index contributed by atoms with van der Waals surface area (Å²) in [6.07, 6.45) is -2.08. The molecule has 7 heteroatoms. The molecule has 0 fully saturated rings. The van der Waals surface area contributed by atoms with Crippen LogP contribution in [-0.4, -0.2) is 13.1 Å². The van der Waals surface area contributed by atoms with Gasteiger partial charge in [0.2, 0.25) is 0 Å². The largest absolute Gasteiger partial charge is 0.497 e. The quantitative estimate of drug-likeness (QED) is 0.339. The Labute approximate surface area is 151 Å². The van der Waals surface area contributed by atoms with Crippen molar-refractivity contribution in [3.63, 3.8) is 0 Å². The fourth-order valence-corrected chi connectivity index (χ4v) is 2.52. The molecule has 138 valence electrons. The number of esters is 1. The third-order valence-corrected chi connectivity index (χ3v) is 3.83. The number of methoxy groups -OCH3 is 1. The molecule has 0 saturated heterocycles. The maximum absolute atomic E-state index is 14.3. The minimum absolute atomic E-state index is 0.0575. The molecule has 3 rings (SSSR count). The molecule has 0 spiro atoms. The lowest BCUT2D eigenvalue weighted by Crippen LogP contribution is -2.08. The molecule has 0 aromatic heterocycles. The molecular formula is C20H12F4O3. The zero-order valence-electron chi connectivity index (χ0n) is 13.9. The van der Waals surface area contributed by atoms with E-state index in [9.17, 15) is 22.4 Å². The first-order valence-electron chi connectivity index (χ1n) is 7.69. The molecule has 3 nitrogen and oxygen atoms in total. The summed E-state index contributed by atoms with van der Waals surface area (Å²) >= 11 is 0. The van der Waals surface area contributed by atoms with E-state index in [4.69, 9.17) is 9.47 Å². The van der Waals surface area contributed by atoms with Gasteiger partial charge in [-0.15, -0.1) is 0 Å². The van der Waals surface area contributed by atoms with E-state index in [-0.39, 0.29) is 28.2 Å². The Hall–Kier alpha value is -3.35. The molecule has 0 unspecified atom stereocenters. The molecule has 0 aliphatic heterocycles. The second-order valence-corrected chi connectivity index (χ2v) is 5.52. The minimum Gasteiger partial charge on any atom is -0.497 e. The Morgan fingerprint density at radius 2 is 1.63 bits per heavy atom. The van der Waals surface area contributed by atoms with Gasteiger partial charge in [0.15, 0.2) is 0 Å². The Morgan fingerprint density at radius 3 is 2.26 bits per heavy atom. The fraction of sp³-hybridized carbons (Fsp3) is 0.0500. The van der Waals surface area contributed by atoms with E-state index in [1.807, 2.05) is 0 Å². The van der Waals surface area contributed by atoms with E-state index in [2.05, 4.69) is 0 Å². The van der Waals surface area contributed by atoms with E-state index in [1.54, 1.807) is 12.1 Å². The molecule has 0 saturated carbocycles. The van der Waals surface area contributed by atoms with E-state index in [0.717, 1.165) is 6.07 Å². The van der Waals surface area contributed by atoms with Crippen LogP contribution in [0.15, 0.2) is 54.6 Å². The van der Waals surface area contributed by atoms with Crippen molar-refractivity contribution in [1.29, 1.82) is 0 Å². The molecule has 0 atom stereocenters. The summed E-state index contributed by atoms with van der Waals surface area (Å²) in [6, 6.07) is 10.9. The molecule has 0 aliphatic rings. The zero-order chi connectivity index (χ0) is 19.6. The Kier molecular flexibility index (Phi) is 5.12. The van der Waals surface area contributed by atoms with Gasteiger partial charge in [-0.2, -0.15) is 8.78 Å². The van der Waals surface area contributed by atoms with E-state index in [0.29, 0.717) is 5.75 Å². The standard InChI is InChI=1S/C20H12F4O3/c1-26-13-4-2-11(3-5-13)20(25)27-14-6-7-15-12(8-14)9-17(21)16(19(15)24)10-18(22)23/h2-10H,1H3. The molecule has 0 amide bonds. The predicted molar refractivity (Wildman–Crippen MR) is 92.0 cm³/mol. The summed E-state index contributed by atoms with van der Waals surface area (Å²) < 4.78 is 63.1. The van der Waals surface area contributed by atoms with Gasteiger partial charge < -0.3 is 9.47 Å². The number of fused-ring (bicyclic) bond motifs is 1. The number of ether oxygens (including phenoxy) is 2. The molecule has 3 aromatic carbocycles. The number of rotatable bonds is 4. The third-order valence-electron chi connectivity index (χ3n) is 3.83. The van der Waals surface area contributed by atoms with Gasteiger partial charge in [-0.3, -0.25) is 0 Å². The third kappa shape index (κ3) is 3.92. The van der Waals surface area contributed by atoms with Crippen molar-refractivity contribution >= 4 is 22.8 Å². The normalized spacial score (nSPS) is 10.6. The van der Waals surface area contributed by atoms with Crippen LogP contribution in [0.1, 0.15) is 15.9 Å². The van der Waals surface area contributed by atoms with Gasteiger partial charge in [0.25, 0.3) is 6.08 Å². The van der Waals surface area contributed by atoms with Crippen LogP contribution < -0.4 is 9.47 Å². The molecule has 0 N–H and O–H groups in total. The maximum Gasteiger partial charge on any atom is 0.343 e. The number of hydrogen-bond acceptors (Lipinski definition) is 3. The van der Waals surface area contributed by atoms with Crippen molar-refractivity contribution in [3.8, 4) is 11.5 Å². The van der Waals surface area contributed by atoms with Crippen molar-refractivity contribution in [2.24, 2.45) is 0 Å². The van der Waals surface area contributed by atoms with Crippen molar-refractivity contribution in [2.75, 3.05) is 7.11 Å². The highest BCUT2D eigenvalue weighted by molar-refractivity contribution is 5.92. The smallest absolute Gasteiger partial charge is 0.343 e. The SMILES string of the molecule is COc1ccc(C(=O)Oc2ccc3c(F)c(C=C(F)F)c(F)cc3c2)cc1. The summed E-state index contributed by atoms with van der Waals surface area (Å²) in [5.41, 5.74) is -0.572. The van der Waals surface area contributed by atoms with Crippen molar-refractivity contribution < 1.29 is 31.8 Å². The number of hydrogen-bond donors (Lipinski definition) is 0. The highest BCUT2D eigenvalue weighted by Crippen LogP contribution is 2.29. The molecule has 27 heavy (non-hydrogen) atoms. The lowest BCUT2D eigenvalue weighted by atomic mass is 10.0. The Morgan fingerprint density at radius 1 is 0.963 bits per heavy atom. The zero-order valence-corrected chi connectivity index (χ0v) is 13.9. The predicted octanol–water partition coefficient (Wildman–Crippen LogP) is 5.58. The lowest BCUT2D eigenvalue weighted by molar-refractivity contribution is 0.0735. The van der Waals surface area contributed by atoms with E-state index in [1.165, 1.54) is 37.4 Å². The molecule has 3 aromatic rings.